The summed E-state index contributed by atoms with van der Waals surface area (Å²) in [6.07, 6.45) is -9.03. The third-order valence-electron chi connectivity index (χ3n) is 6.00. The molecule has 0 spiro atoms. The largest absolute Gasteiger partial charge is 0.416 e. The lowest BCUT2D eigenvalue weighted by atomic mass is 9.81. The Morgan fingerprint density at radius 1 is 1.03 bits per heavy atom. The van der Waals surface area contributed by atoms with E-state index < -0.39 is 29.6 Å². The summed E-state index contributed by atoms with van der Waals surface area (Å²) < 4.78 is 84.1. The number of aryl methyl sites for hydroxylation is 1. The number of rotatable bonds is 9. The molecular formula is C24H26F6N2O2. The zero-order valence-corrected chi connectivity index (χ0v) is 18.5. The highest BCUT2D eigenvalue weighted by atomic mass is 19.4. The molecule has 10 heteroatoms. The molecule has 2 N–H and O–H groups in total. The topological polar surface area (TPSA) is 50.4 Å². The molecule has 1 unspecified atom stereocenters. The van der Waals surface area contributed by atoms with Gasteiger partial charge in [-0.05, 0) is 49.1 Å². The summed E-state index contributed by atoms with van der Waals surface area (Å²) in [4.78, 5) is 11.9. The smallest absolute Gasteiger partial charge is 0.359 e. The van der Waals surface area contributed by atoms with Gasteiger partial charge in [0, 0.05) is 24.9 Å². The standard InChI is InChI=1S/C24H26F6N2O2/c1-16(18-9-19(23(25,26)27)11-20(10-18)24(28,29)30)34-15-31-13-22(12-21(33)32-14-22)8-7-17-5-3-2-4-6-17/h2-6,9-11,16,31H,7-8,12-15H2,1H3,(H,32,33)/t16?,22-/m0/s1. The van der Waals surface area contributed by atoms with Crippen LogP contribution in [0.1, 0.15) is 48.1 Å². The second-order valence-electron chi connectivity index (χ2n) is 8.66. The zero-order valence-electron chi connectivity index (χ0n) is 18.5. The number of amides is 1. The molecule has 1 fully saturated rings. The van der Waals surface area contributed by atoms with Crippen molar-refractivity contribution in [2.75, 3.05) is 19.8 Å². The molecule has 1 aliphatic rings. The molecule has 2 atom stereocenters. The maximum Gasteiger partial charge on any atom is 0.416 e. The van der Waals surface area contributed by atoms with Crippen molar-refractivity contribution < 1.29 is 35.9 Å². The van der Waals surface area contributed by atoms with E-state index in [2.05, 4.69) is 10.6 Å². The number of benzene rings is 2. The fourth-order valence-electron chi connectivity index (χ4n) is 4.01. The van der Waals surface area contributed by atoms with Crippen molar-refractivity contribution in [1.29, 1.82) is 0 Å². The Kier molecular flexibility index (Phi) is 7.92. The summed E-state index contributed by atoms with van der Waals surface area (Å²) in [7, 11) is 0. The van der Waals surface area contributed by atoms with Crippen molar-refractivity contribution in [2.24, 2.45) is 5.41 Å². The first-order valence-corrected chi connectivity index (χ1v) is 10.8. The van der Waals surface area contributed by atoms with Gasteiger partial charge in [0.15, 0.2) is 0 Å². The van der Waals surface area contributed by atoms with Gasteiger partial charge in [-0.3, -0.25) is 10.1 Å². The van der Waals surface area contributed by atoms with Gasteiger partial charge in [-0.1, -0.05) is 30.3 Å². The third-order valence-corrected chi connectivity index (χ3v) is 6.00. The van der Waals surface area contributed by atoms with Crippen LogP contribution in [0.25, 0.3) is 0 Å². The second-order valence-corrected chi connectivity index (χ2v) is 8.66. The number of nitrogens with one attached hydrogen (secondary N) is 2. The number of hydrogen-bond acceptors (Lipinski definition) is 3. The van der Waals surface area contributed by atoms with Crippen LogP contribution in [0.3, 0.4) is 0 Å². The van der Waals surface area contributed by atoms with Crippen molar-refractivity contribution in [1.82, 2.24) is 10.6 Å². The van der Waals surface area contributed by atoms with E-state index in [9.17, 15) is 31.1 Å². The minimum atomic E-state index is -4.92. The van der Waals surface area contributed by atoms with E-state index in [1.54, 1.807) is 0 Å². The normalized spacial score (nSPS) is 19.8. The highest BCUT2D eigenvalue weighted by molar-refractivity contribution is 5.79. The average Bonchev–Trinajstić information content (AvgIpc) is 3.15. The first-order valence-electron chi connectivity index (χ1n) is 10.8. The summed E-state index contributed by atoms with van der Waals surface area (Å²) in [5, 5.41) is 5.89. The van der Waals surface area contributed by atoms with Gasteiger partial charge in [0.2, 0.25) is 5.91 Å². The molecule has 3 rings (SSSR count). The van der Waals surface area contributed by atoms with E-state index in [1.807, 2.05) is 30.3 Å². The van der Waals surface area contributed by atoms with Crippen LogP contribution in [-0.4, -0.2) is 25.7 Å². The van der Waals surface area contributed by atoms with Crippen LogP contribution in [-0.2, 0) is 28.3 Å². The van der Waals surface area contributed by atoms with Crippen LogP contribution >= 0.6 is 0 Å². The summed E-state index contributed by atoms with van der Waals surface area (Å²) in [6.45, 7) is 2.18. The molecule has 2 aromatic carbocycles. The lowest BCUT2D eigenvalue weighted by Crippen LogP contribution is -2.37. The minimum Gasteiger partial charge on any atom is -0.359 e. The van der Waals surface area contributed by atoms with Crippen molar-refractivity contribution in [3.05, 3.63) is 70.8 Å². The lowest BCUT2D eigenvalue weighted by molar-refractivity contribution is -0.143. The maximum atomic E-state index is 13.1. The second kappa shape index (κ2) is 10.4. The van der Waals surface area contributed by atoms with Crippen LogP contribution < -0.4 is 10.6 Å². The van der Waals surface area contributed by atoms with Gasteiger partial charge in [-0.2, -0.15) is 26.3 Å². The molecule has 0 aliphatic carbocycles. The molecule has 34 heavy (non-hydrogen) atoms. The Morgan fingerprint density at radius 3 is 2.18 bits per heavy atom. The zero-order chi connectivity index (χ0) is 25.0. The summed E-state index contributed by atoms with van der Waals surface area (Å²) in [5.41, 5.74) is -2.21. The summed E-state index contributed by atoms with van der Waals surface area (Å²) in [6, 6.07) is 11.2. The van der Waals surface area contributed by atoms with Crippen molar-refractivity contribution >= 4 is 5.91 Å². The van der Waals surface area contributed by atoms with E-state index >= 15 is 0 Å². The highest BCUT2D eigenvalue weighted by Gasteiger charge is 2.38. The van der Waals surface area contributed by atoms with Crippen LogP contribution in [0.2, 0.25) is 0 Å². The van der Waals surface area contributed by atoms with Gasteiger partial charge in [-0.25, -0.2) is 0 Å². The number of carbonyl (C=O) groups excluding carboxylic acids is 1. The first-order chi connectivity index (χ1) is 15.9. The quantitative estimate of drug-likeness (QED) is 0.279. The highest BCUT2D eigenvalue weighted by Crippen LogP contribution is 2.38. The predicted molar refractivity (Wildman–Crippen MR) is 114 cm³/mol. The third kappa shape index (κ3) is 6.96. The number of hydrogen-bond donors (Lipinski definition) is 2. The van der Waals surface area contributed by atoms with Crippen LogP contribution in [0.5, 0.6) is 0 Å². The van der Waals surface area contributed by atoms with Gasteiger partial charge in [0.1, 0.15) is 0 Å². The Hall–Kier alpha value is -2.59. The number of carbonyl (C=O) groups is 1. The Labute approximate surface area is 193 Å². The first kappa shape index (κ1) is 26.0. The van der Waals surface area contributed by atoms with Gasteiger partial charge in [0.25, 0.3) is 0 Å². The van der Waals surface area contributed by atoms with Gasteiger partial charge < -0.3 is 10.1 Å². The number of ether oxygens (including phenoxy) is 1. The lowest BCUT2D eigenvalue weighted by Gasteiger charge is -2.28. The minimum absolute atomic E-state index is 0.0622. The van der Waals surface area contributed by atoms with E-state index in [0.717, 1.165) is 18.4 Å². The predicted octanol–water partition coefficient (Wildman–Crippen LogP) is 5.49. The Balaban J connectivity index is 1.61. The van der Waals surface area contributed by atoms with E-state index in [-0.39, 0.29) is 29.7 Å². The van der Waals surface area contributed by atoms with E-state index in [1.165, 1.54) is 6.92 Å². The van der Waals surface area contributed by atoms with Gasteiger partial charge in [-0.15, -0.1) is 0 Å². The van der Waals surface area contributed by atoms with Gasteiger partial charge in [0.05, 0.1) is 24.0 Å². The van der Waals surface area contributed by atoms with Crippen molar-refractivity contribution in [2.45, 2.75) is 44.6 Å². The molecule has 0 saturated carbocycles. The van der Waals surface area contributed by atoms with E-state index in [4.69, 9.17) is 4.74 Å². The monoisotopic (exact) mass is 488 g/mol. The molecule has 1 aliphatic heterocycles. The Bertz CT molecular complexity index is 945. The average molecular weight is 488 g/mol. The van der Waals surface area contributed by atoms with Crippen LogP contribution in [0.15, 0.2) is 48.5 Å². The Morgan fingerprint density at radius 2 is 1.65 bits per heavy atom. The fourth-order valence-corrected chi connectivity index (χ4v) is 4.01. The molecule has 0 radical (unpaired) electrons. The molecular weight excluding hydrogens is 462 g/mol. The molecule has 1 heterocycles. The number of alkyl halides is 6. The number of halogens is 6. The van der Waals surface area contributed by atoms with Crippen LogP contribution in [0, 0.1) is 5.41 Å². The summed E-state index contributed by atoms with van der Waals surface area (Å²) >= 11 is 0. The SMILES string of the molecule is CC(OCNC[C@@]1(CCc2ccccc2)CNC(=O)C1)c1cc(C(F)(F)F)cc(C(F)(F)F)c1. The molecule has 0 aromatic heterocycles. The molecule has 0 bridgehead atoms. The molecule has 4 nitrogen and oxygen atoms in total. The maximum absolute atomic E-state index is 13.1. The summed E-state index contributed by atoms with van der Waals surface area (Å²) in [5.74, 6) is -0.0622. The van der Waals surface area contributed by atoms with E-state index in [0.29, 0.717) is 31.6 Å². The molecule has 1 amide bonds. The van der Waals surface area contributed by atoms with Crippen molar-refractivity contribution in [3.8, 4) is 0 Å². The van der Waals surface area contributed by atoms with Gasteiger partial charge >= 0.3 is 12.4 Å². The molecule has 1 saturated heterocycles. The van der Waals surface area contributed by atoms with Crippen LogP contribution in [0.4, 0.5) is 26.3 Å². The fraction of sp³-hybridized carbons (Fsp3) is 0.458. The van der Waals surface area contributed by atoms with Crippen molar-refractivity contribution in [3.63, 3.8) is 0 Å². The molecule has 2 aromatic rings. The molecule has 186 valence electrons.